The maximum atomic E-state index is 13.6. The van der Waals surface area contributed by atoms with Gasteiger partial charge >= 0.3 is 12.4 Å². The van der Waals surface area contributed by atoms with E-state index in [0.717, 1.165) is 18.6 Å². The molecule has 34 heavy (non-hydrogen) atoms. The van der Waals surface area contributed by atoms with Gasteiger partial charge in [-0.05, 0) is 12.1 Å². The van der Waals surface area contributed by atoms with Gasteiger partial charge in [-0.15, -0.1) is 0 Å². The molecule has 0 bridgehead atoms. The van der Waals surface area contributed by atoms with Crippen LogP contribution >= 0.6 is 0 Å². The average Bonchev–Trinajstić information content (AvgIpc) is 2.77. The number of hydrogen-bond acceptors (Lipinski definition) is 8. The number of nitrogens with two attached hydrogens (primary N) is 1. The van der Waals surface area contributed by atoms with Crippen molar-refractivity contribution >= 4 is 28.6 Å². The number of hydrogen-bond donors (Lipinski definition) is 2. The quantitative estimate of drug-likeness (QED) is 0.422. The molecule has 0 aromatic carbocycles. The Kier molecular flexibility index (Phi) is 5.46. The number of pyridine rings is 2. The molecule has 0 radical (unpaired) electrons. The Hall–Kier alpha value is -4.43. The minimum Gasteiger partial charge on any atom is -0.366 e. The van der Waals surface area contributed by atoms with Crippen LogP contribution in [0.3, 0.4) is 0 Å². The van der Waals surface area contributed by atoms with Crippen molar-refractivity contribution in [3.05, 3.63) is 59.9 Å². The monoisotopic (exact) mass is 480 g/mol. The van der Waals surface area contributed by atoms with Crippen LogP contribution in [0.25, 0.3) is 22.6 Å². The molecule has 0 saturated heterocycles. The number of anilines is 2. The molecular formula is C19H10F6N8O. The van der Waals surface area contributed by atoms with Gasteiger partial charge in [0.1, 0.15) is 22.7 Å². The summed E-state index contributed by atoms with van der Waals surface area (Å²) in [5.74, 6) is -1.13. The maximum absolute atomic E-state index is 13.6. The van der Waals surface area contributed by atoms with E-state index in [1.165, 1.54) is 12.3 Å². The number of amides is 1. The summed E-state index contributed by atoms with van der Waals surface area (Å²) in [7, 11) is 0. The fraction of sp³-hybridized carbons (Fsp3) is 0.105. The Morgan fingerprint density at radius 1 is 0.882 bits per heavy atom. The van der Waals surface area contributed by atoms with Crippen LogP contribution in [0.1, 0.15) is 21.6 Å². The Balaban J connectivity index is 1.73. The molecule has 0 aliphatic heterocycles. The van der Waals surface area contributed by atoms with E-state index < -0.39 is 40.8 Å². The van der Waals surface area contributed by atoms with Gasteiger partial charge in [0.2, 0.25) is 5.91 Å². The summed E-state index contributed by atoms with van der Waals surface area (Å²) in [6.45, 7) is 0. The SMILES string of the molecule is NC(=O)c1cnc(-c2cnc3c(Nc4cnc(C(F)(F)F)cn4)ccnc3n2)c(C(F)(F)F)c1. The molecule has 174 valence electrons. The second-order valence-corrected chi connectivity index (χ2v) is 6.68. The normalized spacial score (nSPS) is 12.1. The molecule has 0 aliphatic rings. The Morgan fingerprint density at radius 3 is 2.26 bits per heavy atom. The van der Waals surface area contributed by atoms with Crippen LogP contribution in [-0.4, -0.2) is 35.8 Å². The molecule has 0 unspecified atom stereocenters. The molecule has 0 atom stereocenters. The van der Waals surface area contributed by atoms with Crippen molar-refractivity contribution in [1.29, 1.82) is 0 Å². The molecule has 1 amide bonds. The molecule has 4 aromatic rings. The summed E-state index contributed by atoms with van der Waals surface area (Å²) in [4.78, 5) is 34.0. The predicted molar refractivity (Wildman–Crippen MR) is 104 cm³/mol. The van der Waals surface area contributed by atoms with Crippen LogP contribution in [0.4, 0.5) is 37.8 Å². The zero-order valence-corrected chi connectivity index (χ0v) is 16.5. The highest BCUT2D eigenvalue weighted by molar-refractivity contribution is 5.93. The molecule has 0 fully saturated rings. The van der Waals surface area contributed by atoms with E-state index in [2.05, 4.69) is 35.2 Å². The molecule has 4 rings (SSSR count). The Labute approximate surface area is 185 Å². The maximum Gasteiger partial charge on any atom is 0.434 e. The van der Waals surface area contributed by atoms with Crippen molar-refractivity contribution < 1.29 is 31.1 Å². The lowest BCUT2D eigenvalue weighted by Crippen LogP contribution is -2.16. The van der Waals surface area contributed by atoms with Gasteiger partial charge in [-0.2, -0.15) is 26.3 Å². The van der Waals surface area contributed by atoms with E-state index in [1.54, 1.807) is 0 Å². The Bertz CT molecular complexity index is 1390. The van der Waals surface area contributed by atoms with Crippen molar-refractivity contribution in [1.82, 2.24) is 29.9 Å². The van der Waals surface area contributed by atoms with E-state index in [4.69, 9.17) is 5.73 Å². The molecule has 0 aliphatic carbocycles. The summed E-state index contributed by atoms with van der Waals surface area (Å²) in [6.07, 6.45) is -4.98. The van der Waals surface area contributed by atoms with Crippen molar-refractivity contribution in [2.24, 2.45) is 5.73 Å². The van der Waals surface area contributed by atoms with Crippen LogP contribution in [0.15, 0.2) is 43.1 Å². The first-order valence-electron chi connectivity index (χ1n) is 9.09. The third kappa shape index (κ3) is 4.53. The molecule has 4 aromatic heterocycles. The lowest BCUT2D eigenvalue weighted by Gasteiger charge is -2.13. The smallest absolute Gasteiger partial charge is 0.366 e. The van der Waals surface area contributed by atoms with Crippen LogP contribution in [-0.2, 0) is 12.4 Å². The fourth-order valence-corrected chi connectivity index (χ4v) is 2.83. The summed E-state index contributed by atoms with van der Waals surface area (Å²) in [5.41, 5.74) is 1.52. The number of primary amides is 1. The molecule has 3 N–H and O–H groups in total. The van der Waals surface area contributed by atoms with Crippen molar-refractivity contribution in [2.45, 2.75) is 12.4 Å². The van der Waals surface area contributed by atoms with Gasteiger partial charge < -0.3 is 11.1 Å². The van der Waals surface area contributed by atoms with Gasteiger partial charge in [-0.3, -0.25) is 9.78 Å². The number of alkyl halides is 6. The first-order valence-corrected chi connectivity index (χ1v) is 9.09. The standard InChI is InChI=1S/C19H10F6N8O/c20-18(21,22)9-3-8(16(26)34)4-30-14(9)11-5-31-15-10(1-2-27-17(15)33-11)32-13-7-28-12(6-29-13)19(23,24)25/h1-7H,(H2,26,34)(H,27,29,32,33). The van der Waals surface area contributed by atoms with E-state index in [9.17, 15) is 31.1 Å². The fourth-order valence-electron chi connectivity index (χ4n) is 2.83. The largest absolute Gasteiger partial charge is 0.434 e. The number of fused-ring (bicyclic) bond motifs is 1. The highest BCUT2D eigenvalue weighted by Crippen LogP contribution is 2.36. The van der Waals surface area contributed by atoms with Gasteiger partial charge in [0.25, 0.3) is 0 Å². The molecule has 0 spiro atoms. The van der Waals surface area contributed by atoms with Gasteiger partial charge in [0, 0.05) is 12.4 Å². The molecule has 0 saturated carbocycles. The van der Waals surface area contributed by atoms with Gasteiger partial charge in [-0.25, -0.2) is 24.9 Å². The Morgan fingerprint density at radius 2 is 1.65 bits per heavy atom. The lowest BCUT2D eigenvalue weighted by atomic mass is 10.1. The lowest BCUT2D eigenvalue weighted by molar-refractivity contribution is -0.141. The first-order chi connectivity index (χ1) is 15.9. The first kappa shape index (κ1) is 22.8. The van der Waals surface area contributed by atoms with E-state index >= 15 is 0 Å². The summed E-state index contributed by atoms with van der Waals surface area (Å²) in [5, 5.41) is 2.71. The van der Waals surface area contributed by atoms with Gasteiger partial charge in [0.05, 0.1) is 35.4 Å². The number of aromatic nitrogens is 6. The van der Waals surface area contributed by atoms with Crippen LogP contribution in [0, 0.1) is 0 Å². The van der Waals surface area contributed by atoms with Crippen molar-refractivity contribution in [3.8, 4) is 11.4 Å². The molecule has 15 heteroatoms. The third-order valence-corrected chi connectivity index (χ3v) is 4.37. The van der Waals surface area contributed by atoms with Crippen molar-refractivity contribution in [2.75, 3.05) is 5.32 Å². The van der Waals surface area contributed by atoms with E-state index in [-0.39, 0.29) is 28.4 Å². The number of halogens is 6. The zero-order valence-electron chi connectivity index (χ0n) is 16.5. The van der Waals surface area contributed by atoms with Crippen LogP contribution in [0.2, 0.25) is 0 Å². The summed E-state index contributed by atoms with van der Waals surface area (Å²) >= 11 is 0. The predicted octanol–water partition coefficient (Wildman–Crippen LogP) is 3.76. The number of carbonyl (C=O) groups is 1. The molecule has 4 heterocycles. The highest BCUT2D eigenvalue weighted by atomic mass is 19.4. The van der Waals surface area contributed by atoms with E-state index in [0.29, 0.717) is 12.3 Å². The van der Waals surface area contributed by atoms with Gasteiger partial charge in [-0.1, -0.05) is 0 Å². The molecular weight excluding hydrogens is 470 g/mol. The average molecular weight is 480 g/mol. The number of nitrogens with one attached hydrogen (secondary N) is 1. The van der Waals surface area contributed by atoms with Crippen molar-refractivity contribution in [3.63, 3.8) is 0 Å². The summed E-state index contributed by atoms with van der Waals surface area (Å²) in [6, 6.07) is 1.97. The third-order valence-electron chi connectivity index (χ3n) is 4.37. The van der Waals surface area contributed by atoms with Gasteiger partial charge in [0.15, 0.2) is 11.3 Å². The number of carbonyl (C=O) groups excluding carboxylic acids is 1. The second kappa shape index (κ2) is 8.17. The second-order valence-electron chi connectivity index (χ2n) is 6.68. The number of rotatable bonds is 4. The zero-order chi connectivity index (χ0) is 24.7. The minimum absolute atomic E-state index is 0.0468. The molecule has 9 nitrogen and oxygen atoms in total. The minimum atomic E-state index is -4.87. The van der Waals surface area contributed by atoms with Crippen LogP contribution < -0.4 is 11.1 Å². The topological polar surface area (TPSA) is 132 Å². The number of nitrogens with zero attached hydrogens (tertiary/aromatic N) is 6. The van der Waals surface area contributed by atoms with Crippen LogP contribution in [0.5, 0.6) is 0 Å². The highest BCUT2D eigenvalue weighted by Gasteiger charge is 2.36. The summed E-state index contributed by atoms with van der Waals surface area (Å²) < 4.78 is 78.6. The van der Waals surface area contributed by atoms with E-state index in [1.807, 2.05) is 0 Å².